The topological polar surface area (TPSA) is 57.6 Å². The van der Waals surface area contributed by atoms with Crippen molar-refractivity contribution in [2.45, 2.75) is 19.9 Å². The summed E-state index contributed by atoms with van der Waals surface area (Å²) in [7, 11) is 0. The minimum atomic E-state index is -0.612. The highest BCUT2D eigenvalue weighted by Crippen LogP contribution is 2.29. The van der Waals surface area contributed by atoms with E-state index in [1.165, 1.54) is 0 Å². The molecule has 1 heterocycles. The minimum absolute atomic E-state index is 0.276. The number of rotatable bonds is 3. The molecule has 4 nitrogen and oxygen atoms in total. The van der Waals surface area contributed by atoms with Gasteiger partial charge in [0.25, 0.3) is 11.8 Å². The first-order valence-electron chi connectivity index (χ1n) is 5.79. The Hall–Kier alpha value is -1.94. The van der Waals surface area contributed by atoms with Crippen LogP contribution in [0.25, 0.3) is 0 Å². The summed E-state index contributed by atoms with van der Waals surface area (Å²) >= 11 is 0. The van der Waals surface area contributed by atoms with E-state index in [-0.39, 0.29) is 18.4 Å². The van der Waals surface area contributed by atoms with Crippen molar-refractivity contribution in [3.8, 4) is 0 Å². The molecule has 0 saturated heterocycles. The second-order valence-electron chi connectivity index (χ2n) is 4.34. The summed E-state index contributed by atoms with van der Waals surface area (Å²) < 4.78 is 0. The molecular formula is C14H15NO3. The number of aliphatic hydroxyl groups excluding tert-OH is 1. The maximum Gasteiger partial charge on any atom is 0.257 e. The summed E-state index contributed by atoms with van der Waals surface area (Å²) in [6.45, 7) is 2.99. The maximum atomic E-state index is 12.0. The number of imide groups is 1. The largest absolute Gasteiger partial charge is 0.394 e. The normalized spacial score (nSPS) is 17.6. The zero-order valence-electron chi connectivity index (χ0n) is 10.4. The Balaban J connectivity index is 2.37. The molecule has 0 bridgehead atoms. The highest BCUT2D eigenvalue weighted by Gasteiger charge is 2.38. The molecular weight excluding hydrogens is 230 g/mol. The van der Waals surface area contributed by atoms with E-state index in [2.05, 4.69) is 0 Å². The summed E-state index contributed by atoms with van der Waals surface area (Å²) in [5.74, 6) is -0.638. The third-order valence-electron chi connectivity index (χ3n) is 3.31. The second-order valence-corrected chi connectivity index (χ2v) is 4.34. The van der Waals surface area contributed by atoms with Gasteiger partial charge < -0.3 is 5.11 Å². The predicted molar refractivity (Wildman–Crippen MR) is 66.5 cm³/mol. The van der Waals surface area contributed by atoms with Crippen LogP contribution in [0, 0.1) is 0 Å². The van der Waals surface area contributed by atoms with E-state index in [0.717, 1.165) is 10.5 Å². The fourth-order valence-corrected chi connectivity index (χ4v) is 2.07. The second kappa shape index (κ2) is 4.74. The summed E-state index contributed by atoms with van der Waals surface area (Å²) in [6.07, 6.45) is 0. The average Bonchev–Trinajstić information content (AvgIpc) is 2.59. The average molecular weight is 245 g/mol. The van der Waals surface area contributed by atoms with E-state index >= 15 is 0 Å². The Morgan fingerprint density at radius 2 is 1.56 bits per heavy atom. The Bertz CT molecular complexity index is 495. The van der Waals surface area contributed by atoms with Crippen molar-refractivity contribution >= 4 is 11.8 Å². The van der Waals surface area contributed by atoms with Gasteiger partial charge in [-0.05, 0) is 19.4 Å². The first-order valence-corrected chi connectivity index (χ1v) is 5.79. The van der Waals surface area contributed by atoms with E-state index in [1.54, 1.807) is 26.0 Å². The molecule has 2 amide bonds. The lowest BCUT2D eigenvalue weighted by molar-refractivity contribution is -0.141. The zero-order valence-corrected chi connectivity index (χ0v) is 10.4. The summed E-state index contributed by atoms with van der Waals surface area (Å²) in [5, 5.41) is 9.48. The van der Waals surface area contributed by atoms with Crippen molar-refractivity contribution in [1.29, 1.82) is 0 Å². The highest BCUT2D eigenvalue weighted by molar-refractivity contribution is 6.19. The Labute approximate surface area is 106 Å². The van der Waals surface area contributed by atoms with Crippen molar-refractivity contribution in [2.24, 2.45) is 0 Å². The molecule has 0 radical (unpaired) electrons. The van der Waals surface area contributed by atoms with Gasteiger partial charge in [0.1, 0.15) is 0 Å². The molecule has 1 atom stereocenters. The number of nitrogens with zero attached hydrogens (tertiary/aromatic N) is 1. The Kier molecular flexibility index (Phi) is 3.30. The SMILES string of the molecule is CC1=C(C)C(=O)N([C@@H](CO)c2ccccc2)C1=O. The quantitative estimate of drug-likeness (QED) is 0.819. The van der Waals surface area contributed by atoms with Crippen LogP contribution in [0.2, 0.25) is 0 Å². The van der Waals surface area contributed by atoms with Gasteiger partial charge in [0.05, 0.1) is 12.6 Å². The molecule has 1 aliphatic heterocycles. The van der Waals surface area contributed by atoms with Gasteiger partial charge in [-0.3, -0.25) is 14.5 Å². The number of hydrogen-bond donors (Lipinski definition) is 1. The van der Waals surface area contributed by atoms with Crippen molar-refractivity contribution in [2.75, 3.05) is 6.61 Å². The van der Waals surface area contributed by atoms with Crippen molar-refractivity contribution < 1.29 is 14.7 Å². The van der Waals surface area contributed by atoms with Gasteiger partial charge in [0.15, 0.2) is 0 Å². The van der Waals surface area contributed by atoms with E-state index < -0.39 is 6.04 Å². The lowest BCUT2D eigenvalue weighted by Crippen LogP contribution is -2.37. The first-order chi connectivity index (χ1) is 8.57. The van der Waals surface area contributed by atoms with Gasteiger partial charge in [-0.15, -0.1) is 0 Å². The maximum absolute atomic E-state index is 12.0. The van der Waals surface area contributed by atoms with Crippen LogP contribution >= 0.6 is 0 Å². The van der Waals surface area contributed by atoms with Gasteiger partial charge in [-0.2, -0.15) is 0 Å². The Morgan fingerprint density at radius 1 is 1.06 bits per heavy atom. The molecule has 0 unspecified atom stereocenters. The summed E-state index contributed by atoms with van der Waals surface area (Å²) in [6, 6.07) is 8.46. The van der Waals surface area contributed by atoms with Crippen molar-refractivity contribution in [3.05, 3.63) is 47.0 Å². The molecule has 1 aliphatic rings. The van der Waals surface area contributed by atoms with Crippen LogP contribution in [0.3, 0.4) is 0 Å². The molecule has 94 valence electrons. The molecule has 2 rings (SSSR count). The van der Waals surface area contributed by atoms with Crippen LogP contribution in [0.4, 0.5) is 0 Å². The molecule has 0 spiro atoms. The van der Waals surface area contributed by atoms with Crippen LogP contribution in [0.15, 0.2) is 41.5 Å². The van der Waals surface area contributed by atoms with Crippen molar-refractivity contribution in [1.82, 2.24) is 4.90 Å². The van der Waals surface area contributed by atoms with Gasteiger partial charge in [-0.1, -0.05) is 30.3 Å². The van der Waals surface area contributed by atoms with E-state index in [0.29, 0.717) is 11.1 Å². The lowest BCUT2D eigenvalue weighted by atomic mass is 10.1. The Morgan fingerprint density at radius 3 is 2.00 bits per heavy atom. The number of aliphatic hydroxyl groups is 1. The van der Waals surface area contributed by atoms with Crippen LogP contribution in [0.1, 0.15) is 25.5 Å². The molecule has 0 saturated carbocycles. The molecule has 4 heteroatoms. The van der Waals surface area contributed by atoms with Crippen LogP contribution in [-0.2, 0) is 9.59 Å². The number of benzene rings is 1. The molecule has 0 aliphatic carbocycles. The number of carbonyl (C=O) groups is 2. The van der Waals surface area contributed by atoms with E-state index in [1.807, 2.05) is 18.2 Å². The molecule has 1 aromatic carbocycles. The monoisotopic (exact) mass is 245 g/mol. The minimum Gasteiger partial charge on any atom is -0.394 e. The number of amides is 2. The molecule has 1 aromatic rings. The third-order valence-corrected chi connectivity index (χ3v) is 3.31. The first kappa shape index (κ1) is 12.5. The fourth-order valence-electron chi connectivity index (χ4n) is 2.07. The highest BCUT2D eigenvalue weighted by atomic mass is 16.3. The van der Waals surface area contributed by atoms with Gasteiger partial charge in [-0.25, -0.2) is 0 Å². The summed E-state index contributed by atoms with van der Waals surface area (Å²) in [4.78, 5) is 25.2. The van der Waals surface area contributed by atoms with Crippen molar-refractivity contribution in [3.63, 3.8) is 0 Å². The van der Waals surface area contributed by atoms with Crippen LogP contribution in [0.5, 0.6) is 0 Å². The standard InChI is InChI=1S/C14H15NO3/c1-9-10(2)14(18)15(13(9)17)12(8-16)11-6-4-3-5-7-11/h3-7,12,16H,8H2,1-2H3/t12-/m0/s1. The zero-order chi connectivity index (χ0) is 13.3. The molecule has 18 heavy (non-hydrogen) atoms. The smallest absolute Gasteiger partial charge is 0.257 e. The van der Waals surface area contributed by atoms with Gasteiger partial charge >= 0.3 is 0 Å². The number of carbonyl (C=O) groups excluding carboxylic acids is 2. The van der Waals surface area contributed by atoms with Crippen LogP contribution < -0.4 is 0 Å². The van der Waals surface area contributed by atoms with Gasteiger partial charge in [0, 0.05) is 11.1 Å². The van der Waals surface area contributed by atoms with E-state index in [9.17, 15) is 14.7 Å². The van der Waals surface area contributed by atoms with E-state index in [4.69, 9.17) is 0 Å². The number of hydrogen-bond acceptors (Lipinski definition) is 3. The van der Waals surface area contributed by atoms with Crippen LogP contribution in [-0.4, -0.2) is 28.4 Å². The molecule has 0 fully saturated rings. The predicted octanol–water partition coefficient (Wildman–Crippen LogP) is 1.43. The summed E-state index contributed by atoms with van der Waals surface area (Å²) in [5.41, 5.74) is 1.66. The molecule has 1 N–H and O–H groups in total. The third kappa shape index (κ3) is 1.84. The lowest BCUT2D eigenvalue weighted by Gasteiger charge is -2.25. The van der Waals surface area contributed by atoms with Gasteiger partial charge in [0.2, 0.25) is 0 Å². The molecule has 0 aromatic heterocycles. The fraction of sp³-hybridized carbons (Fsp3) is 0.286.